The molecule has 4 rings (SSSR count). The van der Waals surface area contributed by atoms with Gasteiger partial charge in [-0.15, -0.1) is 0 Å². The Hall–Kier alpha value is -4.19. The largest absolute Gasteiger partial charge is 0.298 e. The van der Waals surface area contributed by atoms with E-state index in [-0.39, 0.29) is 5.56 Å². The molecule has 0 bridgehead atoms. The van der Waals surface area contributed by atoms with Gasteiger partial charge in [0.15, 0.2) is 0 Å². The highest BCUT2D eigenvalue weighted by molar-refractivity contribution is 5.95. The summed E-state index contributed by atoms with van der Waals surface area (Å²) < 4.78 is 1.46. The highest BCUT2D eigenvalue weighted by atomic mass is 16.2. The van der Waals surface area contributed by atoms with Crippen LogP contribution in [0.4, 0.5) is 5.69 Å². The van der Waals surface area contributed by atoms with Crippen LogP contribution in [0.15, 0.2) is 102 Å². The van der Waals surface area contributed by atoms with Crippen molar-refractivity contribution in [1.82, 2.24) is 15.0 Å². The zero-order valence-corrected chi connectivity index (χ0v) is 15.4. The summed E-state index contributed by atoms with van der Waals surface area (Å²) in [6.45, 7) is 0. The predicted octanol–water partition coefficient (Wildman–Crippen LogP) is 3.66. The number of amides is 1. The number of benzene rings is 2. The third kappa shape index (κ3) is 4.06. The van der Waals surface area contributed by atoms with Crippen LogP contribution in [0.25, 0.3) is 16.9 Å². The molecule has 6 nitrogen and oxygen atoms in total. The van der Waals surface area contributed by atoms with Crippen molar-refractivity contribution in [2.24, 2.45) is 0 Å². The first-order valence-electron chi connectivity index (χ1n) is 9.07. The summed E-state index contributed by atoms with van der Waals surface area (Å²) >= 11 is 0. The number of hydrazine groups is 1. The van der Waals surface area contributed by atoms with Crippen molar-refractivity contribution in [2.45, 2.75) is 0 Å². The zero-order chi connectivity index (χ0) is 20.1. The number of para-hydroxylation sites is 2. The first kappa shape index (κ1) is 18.2. The average Bonchev–Trinajstić information content (AvgIpc) is 2.79. The highest BCUT2D eigenvalue weighted by Crippen LogP contribution is 2.18. The minimum atomic E-state index is -0.527. The van der Waals surface area contributed by atoms with Gasteiger partial charge in [-0.05, 0) is 42.5 Å². The monoisotopic (exact) mass is 382 g/mol. The molecular weight excluding hydrogens is 364 g/mol. The second-order valence-electron chi connectivity index (χ2n) is 6.31. The molecule has 0 radical (unpaired) electrons. The number of aromatic nitrogens is 2. The standard InChI is InChI=1S/C23H18N4O2/c28-22(26-25-18-9-3-1-4-10-18)20-15-17(21-13-7-8-14-24-21)16-27(23(20)29)19-11-5-2-6-12-19/h1-16,25H,(H,26,28). The molecule has 0 fully saturated rings. The lowest BCUT2D eigenvalue weighted by Crippen LogP contribution is -2.35. The Morgan fingerprint density at radius 2 is 1.55 bits per heavy atom. The van der Waals surface area contributed by atoms with Gasteiger partial charge in [0.2, 0.25) is 0 Å². The molecule has 1 amide bonds. The number of pyridine rings is 2. The smallest absolute Gasteiger partial charge is 0.275 e. The Morgan fingerprint density at radius 1 is 0.862 bits per heavy atom. The Bertz CT molecular complexity index is 1170. The van der Waals surface area contributed by atoms with Crippen molar-refractivity contribution in [3.63, 3.8) is 0 Å². The molecule has 4 aromatic rings. The lowest BCUT2D eigenvalue weighted by atomic mass is 10.1. The lowest BCUT2D eigenvalue weighted by molar-refractivity contribution is 0.0961. The maximum Gasteiger partial charge on any atom is 0.275 e. The summed E-state index contributed by atoms with van der Waals surface area (Å²) in [6.07, 6.45) is 3.37. The van der Waals surface area contributed by atoms with Crippen molar-refractivity contribution < 1.29 is 4.79 Å². The first-order chi connectivity index (χ1) is 14.2. The number of carbonyl (C=O) groups is 1. The van der Waals surface area contributed by atoms with Crippen LogP contribution in [0, 0.1) is 0 Å². The Balaban J connectivity index is 1.76. The Morgan fingerprint density at radius 3 is 2.24 bits per heavy atom. The van der Waals surface area contributed by atoms with Crippen molar-refractivity contribution in [1.29, 1.82) is 0 Å². The zero-order valence-electron chi connectivity index (χ0n) is 15.4. The van der Waals surface area contributed by atoms with Crippen LogP contribution < -0.4 is 16.4 Å². The fraction of sp³-hybridized carbons (Fsp3) is 0. The number of hydrogen-bond donors (Lipinski definition) is 2. The maximum absolute atomic E-state index is 13.1. The van der Waals surface area contributed by atoms with Gasteiger partial charge >= 0.3 is 0 Å². The summed E-state index contributed by atoms with van der Waals surface area (Å²) in [6, 6.07) is 25.4. The van der Waals surface area contributed by atoms with E-state index in [0.717, 1.165) is 0 Å². The molecule has 0 aliphatic carbocycles. The van der Waals surface area contributed by atoms with Crippen LogP contribution in [-0.2, 0) is 0 Å². The Kier molecular flexibility index (Phi) is 5.16. The normalized spacial score (nSPS) is 10.3. The van der Waals surface area contributed by atoms with E-state index >= 15 is 0 Å². The lowest BCUT2D eigenvalue weighted by Gasteiger charge is -2.13. The number of nitrogens with zero attached hydrogens (tertiary/aromatic N) is 2. The SMILES string of the molecule is O=C(NNc1ccccc1)c1cc(-c2ccccn2)cn(-c2ccccc2)c1=O. The highest BCUT2D eigenvalue weighted by Gasteiger charge is 2.16. The fourth-order valence-corrected chi connectivity index (χ4v) is 2.92. The van der Waals surface area contributed by atoms with Crippen molar-refractivity contribution >= 4 is 11.6 Å². The van der Waals surface area contributed by atoms with E-state index in [1.54, 1.807) is 18.5 Å². The number of hydrogen-bond acceptors (Lipinski definition) is 4. The second kappa shape index (κ2) is 8.22. The summed E-state index contributed by atoms with van der Waals surface area (Å²) in [5, 5.41) is 0. The number of anilines is 1. The van der Waals surface area contributed by atoms with E-state index in [4.69, 9.17) is 0 Å². The molecule has 29 heavy (non-hydrogen) atoms. The van der Waals surface area contributed by atoms with E-state index in [0.29, 0.717) is 22.6 Å². The molecule has 0 spiro atoms. The van der Waals surface area contributed by atoms with Crippen molar-refractivity contribution in [3.05, 3.63) is 113 Å². The second-order valence-corrected chi connectivity index (χ2v) is 6.31. The third-order valence-electron chi connectivity index (χ3n) is 4.35. The van der Waals surface area contributed by atoms with Gasteiger partial charge in [0, 0.05) is 23.6 Å². The van der Waals surface area contributed by atoms with E-state index in [2.05, 4.69) is 15.8 Å². The summed E-state index contributed by atoms with van der Waals surface area (Å²) in [5.74, 6) is -0.527. The van der Waals surface area contributed by atoms with Gasteiger partial charge in [-0.2, -0.15) is 0 Å². The maximum atomic E-state index is 13.1. The molecule has 142 valence electrons. The van der Waals surface area contributed by atoms with Crippen LogP contribution in [-0.4, -0.2) is 15.5 Å². The fourth-order valence-electron chi connectivity index (χ4n) is 2.92. The minimum absolute atomic E-state index is 0.0143. The molecular formula is C23H18N4O2. The van der Waals surface area contributed by atoms with Crippen molar-refractivity contribution in [3.8, 4) is 16.9 Å². The van der Waals surface area contributed by atoms with Gasteiger partial charge in [-0.3, -0.25) is 30.0 Å². The summed E-state index contributed by atoms with van der Waals surface area (Å²) in [7, 11) is 0. The van der Waals surface area contributed by atoms with E-state index in [9.17, 15) is 9.59 Å². The minimum Gasteiger partial charge on any atom is -0.298 e. The molecule has 2 aromatic carbocycles. The van der Waals surface area contributed by atoms with Gasteiger partial charge in [0.25, 0.3) is 11.5 Å². The van der Waals surface area contributed by atoms with Gasteiger partial charge < -0.3 is 0 Å². The molecule has 0 saturated heterocycles. The van der Waals surface area contributed by atoms with E-state index < -0.39 is 11.5 Å². The number of carbonyl (C=O) groups excluding carboxylic acids is 1. The van der Waals surface area contributed by atoms with Crippen LogP contribution in [0.3, 0.4) is 0 Å². The first-order valence-corrected chi connectivity index (χ1v) is 9.07. The molecule has 0 saturated carbocycles. The predicted molar refractivity (Wildman–Crippen MR) is 113 cm³/mol. The molecule has 6 heteroatoms. The molecule has 2 aromatic heterocycles. The van der Waals surface area contributed by atoms with Gasteiger partial charge in [0.05, 0.1) is 11.4 Å². The van der Waals surface area contributed by atoms with Crippen LogP contribution in [0.1, 0.15) is 10.4 Å². The molecule has 0 aliphatic heterocycles. The van der Waals surface area contributed by atoms with Gasteiger partial charge in [-0.1, -0.05) is 42.5 Å². The molecule has 0 atom stereocenters. The Labute approximate surface area is 167 Å². The number of rotatable bonds is 5. The van der Waals surface area contributed by atoms with E-state index in [1.807, 2.05) is 78.9 Å². The number of nitrogens with one attached hydrogen (secondary N) is 2. The molecule has 0 unspecified atom stereocenters. The quantitative estimate of drug-likeness (QED) is 0.517. The van der Waals surface area contributed by atoms with Crippen LogP contribution >= 0.6 is 0 Å². The van der Waals surface area contributed by atoms with E-state index in [1.165, 1.54) is 4.57 Å². The molecule has 2 heterocycles. The van der Waals surface area contributed by atoms with Gasteiger partial charge in [0.1, 0.15) is 5.56 Å². The van der Waals surface area contributed by atoms with Crippen LogP contribution in [0.5, 0.6) is 0 Å². The summed E-state index contributed by atoms with van der Waals surface area (Å²) in [5.41, 5.74) is 7.73. The third-order valence-corrected chi connectivity index (χ3v) is 4.35. The van der Waals surface area contributed by atoms with Crippen LogP contribution in [0.2, 0.25) is 0 Å². The average molecular weight is 382 g/mol. The topological polar surface area (TPSA) is 76.0 Å². The molecule has 2 N–H and O–H groups in total. The molecule has 0 aliphatic rings. The van der Waals surface area contributed by atoms with Gasteiger partial charge in [-0.25, -0.2) is 0 Å². The summed E-state index contributed by atoms with van der Waals surface area (Å²) in [4.78, 5) is 30.2. The van der Waals surface area contributed by atoms with Crippen molar-refractivity contribution in [2.75, 3.05) is 5.43 Å².